The Labute approximate surface area is 220 Å². The minimum absolute atomic E-state index is 0.924. The molecular formula is C36H23NO. The highest BCUT2D eigenvalue weighted by atomic mass is 16.3. The van der Waals surface area contributed by atoms with Crippen molar-refractivity contribution in [1.29, 1.82) is 0 Å². The average molecular weight is 486 g/mol. The minimum Gasteiger partial charge on any atom is -0.455 e. The number of hydrogen-bond acceptors (Lipinski definition) is 2. The zero-order chi connectivity index (χ0) is 25.1. The maximum Gasteiger partial charge on any atom is 0.143 e. The number of hydrogen-bond donors (Lipinski definition) is 0. The van der Waals surface area contributed by atoms with Crippen molar-refractivity contribution in [2.24, 2.45) is 0 Å². The molecule has 0 amide bonds. The van der Waals surface area contributed by atoms with Gasteiger partial charge in [0.25, 0.3) is 0 Å². The molecule has 0 saturated carbocycles. The van der Waals surface area contributed by atoms with E-state index < -0.39 is 0 Å². The van der Waals surface area contributed by atoms with E-state index in [0.717, 1.165) is 49.8 Å². The topological polar surface area (TPSA) is 16.4 Å². The summed E-state index contributed by atoms with van der Waals surface area (Å²) in [7, 11) is 0. The molecule has 1 heterocycles. The van der Waals surface area contributed by atoms with Crippen LogP contribution in [-0.2, 0) is 0 Å². The molecule has 7 aromatic carbocycles. The summed E-state index contributed by atoms with van der Waals surface area (Å²) in [6.07, 6.45) is 0. The van der Waals surface area contributed by atoms with E-state index >= 15 is 0 Å². The molecule has 1 aromatic heterocycles. The quantitative estimate of drug-likeness (QED) is 0.247. The fourth-order valence-corrected chi connectivity index (χ4v) is 5.78. The summed E-state index contributed by atoms with van der Waals surface area (Å²) in [6.45, 7) is 0. The molecule has 0 bridgehead atoms. The zero-order valence-corrected chi connectivity index (χ0v) is 20.6. The minimum atomic E-state index is 0.924. The van der Waals surface area contributed by atoms with Crippen LogP contribution in [0, 0.1) is 0 Å². The first-order chi connectivity index (χ1) is 18.8. The fraction of sp³-hybridized carbons (Fsp3) is 0. The van der Waals surface area contributed by atoms with E-state index in [4.69, 9.17) is 4.42 Å². The van der Waals surface area contributed by atoms with Crippen molar-refractivity contribution in [2.45, 2.75) is 0 Å². The molecule has 0 saturated heterocycles. The van der Waals surface area contributed by atoms with Crippen LogP contribution >= 0.6 is 0 Å². The molecule has 0 unspecified atom stereocenters. The Balaban J connectivity index is 1.39. The number of anilines is 3. The van der Waals surface area contributed by atoms with Gasteiger partial charge in [-0.15, -0.1) is 0 Å². The molecule has 0 aliphatic carbocycles. The van der Waals surface area contributed by atoms with Gasteiger partial charge in [0.05, 0.1) is 5.69 Å². The summed E-state index contributed by atoms with van der Waals surface area (Å²) >= 11 is 0. The van der Waals surface area contributed by atoms with E-state index in [-0.39, 0.29) is 0 Å². The van der Waals surface area contributed by atoms with Crippen molar-refractivity contribution in [3.05, 3.63) is 140 Å². The number of furan rings is 1. The Morgan fingerprint density at radius 3 is 1.92 bits per heavy atom. The van der Waals surface area contributed by atoms with Crippen molar-refractivity contribution in [1.82, 2.24) is 0 Å². The lowest BCUT2D eigenvalue weighted by Gasteiger charge is -2.27. The molecule has 0 fully saturated rings. The second-order valence-electron chi connectivity index (χ2n) is 9.81. The summed E-state index contributed by atoms with van der Waals surface area (Å²) in [5.41, 5.74) is 5.26. The smallest absolute Gasteiger partial charge is 0.143 e. The van der Waals surface area contributed by atoms with Crippen LogP contribution in [0.15, 0.2) is 144 Å². The number of benzene rings is 7. The molecule has 0 N–H and O–H groups in total. The Kier molecular flexibility index (Phi) is 4.55. The molecule has 178 valence electrons. The van der Waals surface area contributed by atoms with Crippen LogP contribution in [0.3, 0.4) is 0 Å². The van der Waals surface area contributed by atoms with Crippen molar-refractivity contribution >= 4 is 71.3 Å². The van der Waals surface area contributed by atoms with Gasteiger partial charge in [0.15, 0.2) is 0 Å². The molecule has 8 rings (SSSR count). The van der Waals surface area contributed by atoms with Gasteiger partial charge in [-0.3, -0.25) is 0 Å². The molecule has 0 aliphatic heterocycles. The molecule has 38 heavy (non-hydrogen) atoms. The van der Waals surface area contributed by atoms with Gasteiger partial charge in [0, 0.05) is 32.9 Å². The van der Waals surface area contributed by atoms with Crippen LogP contribution in [0.5, 0.6) is 0 Å². The Morgan fingerprint density at radius 1 is 0.395 bits per heavy atom. The van der Waals surface area contributed by atoms with E-state index in [1.54, 1.807) is 0 Å². The molecule has 2 heteroatoms. The molecule has 0 spiro atoms. The lowest BCUT2D eigenvalue weighted by Crippen LogP contribution is -2.10. The van der Waals surface area contributed by atoms with E-state index in [0.29, 0.717) is 0 Å². The van der Waals surface area contributed by atoms with E-state index in [9.17, 15) is 0 Å². The van der Waals surface area contributed by atoms with Gasteiger partial charge in [-0.1, -0.05) is 91.0 Å². The van der Waals surface area contributed by atoms with Gasteiger partial charge < -0.3 is 9.32 Å². The van der Waals surface area contributed by atoms with E-state index in [1.807, 2.05) is 12.1 Å². The van der Waals surface area contributed by atoms with Crippen LogP contribution in [0.1, 0.15) is 0 Å². The Hall–Kier alpha value is -5.08. The summed E-state index contributed by atoms with van der Waals surface area (Å²) < 4.78 is 6.33. The first kappa shape index (κ1) is 21.0. The van der Waals surface area contributed by atoms with Gasteiger partial charge in [0.2, 0.25) is 0 Å². The van der Waals surface area contributed by atoms with Gasteiger partial charge in [-0.05, 0) is 70.1 Å². The highest BCUT2D eigenvalue weighted by molar-refractivity contribution is 6.15. The zero-order valence-electron chi connectivity index (χ0n) is 20.6. The van der Waals surface area contributed by atoms with E-state index in [2.05, 4.69) is 132 Å². The predicted octanol–water partition coefficient (Wildman–Crippen LogP) is 10.5. The molecule has 8 aromatic rings. The third-order valence-corrected chi connectivity index (χ3v) is 7.60. The number of para-hydroxylation sites is 1. The van der Waals surface area contributed by atoms with Crippen LogP contribution < -0.4 is 4.90 Å². The molecule has 0 atom stereocenters. The predicted molar refractivity (Wildman–Crippen MR) is 161 cm³/mol. The van der Waals surface area contributed by atoms with Crippen LogP contribution in [0.25, 0.3) is 54.3 Å². The first-order valence-corrected chi connectivity index (χ1v) is 12.9. The highest BCUT2D eigenvalue weighted by Crippen LogP contribution is 2.42. The fourth-order valence-electron chi connectivity index (χ4n) is 5.78. The van der Waals surface area contributed by atoms with Crippen molar-refractivity contribution in [2.75, 3.05) is 4.90 Å². The van der Waals surface area contributed by atoms with Gasteiger partial charge >= 0.3 is 0 Å². The van der Waals surface area contributed by atoms with Gasteiger partial charge in [-0.25, -0.2) is 0 Å². The molecule has 2 nitrogen and oxygen atoms in total. The second-order valence-corrected chi connectivity index (χ2v) is 9.81. The largest absolute Gasteiger partial charge is 0.455 e. The lowest BCUT2D eigenvalue weighted by molar-refractivity contribution is 0.672. The van der Waals surface area contributed by atoms with Crippen molar-refractivity contribution in [3.8, 4) is 0 Å². The summed E-state index contributed by atoms with van der Waals surface area (Å²) in [5.74, 6) is 0. The SMILES string of the molecule is c1ccc2cc(N(c3ccc4c(ccc5c6ccccc6oc45)c3)c3cccc4ccccc34)ccc2c1. The number of nitrogens with zero attached hydrogens (tertiary/aromatic N) is 1. The summed E-state index contributed by atoms with van der Waals surface area (Å²) in [5, 5.41) is 9.48. The maximum absolute atomic E-state index is 6.33. The summed E-state index contributed by atoms with van der Waals surface area (Å²) in [6, 6.07) is 49.7. The maximum atomic E-state index is 6.33. The molecular weight excluding hydrogens is 462 g/mol. The molecule has 0 aliphatic rings. The monoisotopic (exact) mass is 485 g/mol. The Bertz CT molecular complexity index is 2150. The standard InChI is InChI=1S/C36H23NO/c1-2-10-26-22-28(18-16-24(26)8-1)37(34-14-7-11-25-9-3-4-12-30(25)34)29-19-21-31-27(23-29)17-20-33-32-13-5-6-15-35(32)38-36(31)33/h1-23H. The third kappa shape index (κ3) is 3.21. The van der Waals surface area contributed by atoms with Crippen LogP contribution in [-0.4, -0.2) is 0 Å². The average Bonchev–Trinajstić information content (AvgIpc) is 3.36. The summed E-state index contributed by atoms with van der Waals surface area (Å²) in [4.78, 5) is 2.37. The van der Waals surface area contributed by atoms with Crippen LogP contribution in [0.2, 0.25) is 0 Å². The third-order valence-electron chi connectivity index (χ3n) is 7.60. The first-order valence-electron chi connectivity index (χ1n) is 12.9. The van der Waals surface area contributed by atoms with Crippen LogP contribution in [0.4, 0.5) is 17.1 Å². The van der Waals surface area contributed by atoms with Gasteiger partial charge in [0.1, 0.15) is 11.2 Å². The lowest BCUT2D eigenvalue weighted by atomic mass is 10.0. The van der Waals surface area contributed by atoms with E-state index in [1.165, 1.54) is 21.5 Å². The normalized spacial score (nSPS) is 11.7. The number of fused-ring (bicyclic) bond motifs is 7. The number of rotatable bonds is 3. The molecule has 0 radical (unpaired) electrons. The van der Waals surface area contributed by atoms with Gasteiger partial charge in [-0.2, -0.15) is 0 Å². The second kappa shape index (κ2) is 8.22. The van der Waals surface area contributed by atoms with Crippen molar-refractivity contribution < 1.29 is 4.42 Å². The van der Waals surface area contributed by atoms with Crippen molar-refractivity contribution in [3.63, 3.8) is 0 Å². The highest BCUT2D eigenvalue weighted by Gasteiger charge is 2.17. The Morgan fingerprint density at radius 2 is 1.03 bits per heavy atom.